The number of hydrogen-bond donors (Lipinski definition) is 1. The maximum Gasteiger partial charge on any atom is 0.251 e. The summed E-state index contributed by atoms with van der Waals surface area (Å²) in [6.07, 6.45) is 0. The third-order valence-electron chi connectivity index (χ3n) is 3.47. The minimum absolute atomic E-state index is 0.0122. The summed E-state index contributed by atoms with van der Waals surface area (Å²) in [5, 5.41) is 25.6. The van der Waals surface area contributed by atoms with Crippen LogP contribution in [0, 0.1) is 0 Å². The van der Waals surface area contributed by atoms with Crippen LogP contribution in [0.5, 0.6) is 0 Å². The van der Waals surface area contributed by atoms with Crippen LogP contribution in [-0.4, -0.2) is 44.2 Å². The first kappa shape index (κ1) is 20.3. The Morgan fingerprint density at radius 2 is 2.00 bits per heavy atom. The second kappa shape index (κ2) is 8.70. The highest BCUT2D eigenvalue weighted by Crippen LogP contribution is 2.38. The highest BCUT2D eigenvalue weighted by molar-refractivity contribution is 7.95. The van der Waals surface area contributed by atoms with Gasteiger partial charge in [-0.3, -0.25) is 4.90 Å². The second-order valence-electron chi connectivity index (χ2n) is 5.29. The number of anilines is 1. The highest BCUT2D eigenvalue weighted by Gasteiger charge is 2.37. The van der Waals surface area contributed by atoms with Gasteiger partial charge in [0.25, 0.3) is 5.13 Å². The Bertz CT molecular complexity index is 1000. The van der Waals surface area contributed by atoms with Crippen molar-refractivity contribution in [1.29, 1.82) is 0 Å². The molecule has 0 bridgehead atoms. The fourth-order valence-corrected chi connectivity index (χ4v) is 4.31. The Labute approximate surface area is 164 Å². The van der Waals surface area contributed by atoms with Crippen LogP contribution in [0.4, 0.5) is 10.8 Å². The highest BCUT2D eigenvalue weighted by atomic mass is 32.2. The molecule has 150 valence electrons. The van der Waals surface area contributed by atoms with Crippen molar-refractivity contribution < 1.29 is 28.0 Å². The van der Waals surface area contributed by atoms with Gasteiger partial charge in [-0.15, -0.1) is 20.4 Å². The molecular formula is C15H17N5O6S2. The van der Waals surface area contributed by atoms with Gasteiger partial charge in [0.2, 0.25) is 20.7 Å². The molecule has 1 N–H and O–H groups in total. The van der Waals surface area contributed by atoms with Gasteiger partial charge in [-0.25, -0.2) is 18.2 Å². The summed E-state index contributed by atoms with van der Waals surface area (Å²) >= 11 is 1.04. The average Bonchev–Trinajstić information content (AvgIpc) is 3.13. The number of rotatable bonds is 8. The van der Waals surface area contributed by atoms with Gasteiger partial charge in [0, 0.05) is 7.11 Å². The van der Waals surface area contributed by atoms with Crippen molar-refractivity contribution in [1.82, 2.24) is 10.2 Å². The molecule has 2 aromatic rings. The van der Waals surface area contributed by atoms with Gasteiger partial charge >= 0.3 is 0 Å². The van der Waals surface area contributed by atoms with Gasteiger partial charge in [0.05, 0.1) is 17.2 Å². The van der Waals surface area contributed by atoms with Gasteiger partial charge in [-0.2, -0.15) is 0 Å². The summed E-state index contributed by atoms with van der Waals surface area (Å²) in [6.45, 7) is 2.16. The molecule has 1 aromatic carbocycles. The lowest BCUT2D eigenvalue weighted by atomic mass is 10.3. The average molecular weight is 427 g/mol. The van der Waals surface area contributed by atoms with E-state index in [0.717, 1.165) is 11.3 Å². The zero-order valence-corrected chi connectivity index (χ0v) is 16.6. The maximum atomic E-state index is 12.9. The van der Waals surface area contributed by atoms with E-state index in [1.807, 2.05) is 0 Å². The van der Waals surface area contributed by atoms with E-state index >= 15 is 0 Å². The van der Waals surface area contributed by atoms with Crippen LogP contribution in [0.3, 0.4) is 0 Å². The van der Waals surface area contributed by atoms with Crippen LogP contribution < -0.4 is 4.90 Å². The first-order valence-electron chi connectivity index (χ1n) is 8.01. The van der Waals surface area contributed by atoms with Crippen molar-refractivity contribution in [3.05, 3.63) is 40.2 Å². The molecule has 1 aliphatic rings. The molecule has 28 heavy (non-hydrogen) atoms. The Morgan fingerprint density at radius 1 is 1.21 bits per heavy atom. The van der Waals surface area contributed by atoms with Crippen molar-refractivity contribution in [2.24, 2.45) is 10.2 Å². The normalized spacial score (nSPS) is 16.0. The fraction of sp³-hybridized carbons (Fsp3) is 0.333. The third kappa shape index (κ3) is 4.02. The molecule has 3 rings (SSSR count). The minimum Gasteiger partial charge on any atom is -0.492 e. The molecule has 0 atom stereocenters. The molecule has 0 spiro atoms. The number of para-hydroxylation sites is 1. The van der Waals surface area contributed by atoms with E-state index in [1.165, 1.54) is 18.1 Å². The second-order valence-corrected chi connectivity index (χ2v) is 8.17. The zero-order chi connectivity index (χ0) is 20.1. The Hall–Kier alpha value is -2.45. The smallest absolute Gasteiger partial charge is 0.251 e. The van der Waals surface area contributed by atoms with Gasteiger partial charge in [0.1, 0.15) is 18.3 Å². The quantitative estimate of drug-likeness (QED) is 0.292. The summed E-state index contributed by atoms with van der Waals surface area (Å²) < 4.78 is 30.8. The lowest BCUT2D eigenvalue weighted by molar-refractivity contribution is -0.300. The predicted octanol–water partition coefficient (Wildman–Crippen LogP) is 2.67. The summed E-state index contributed by atoms with van der Waals surface area (Å²) in [6, 6.07) is 6.21. The van der Waals surface area contributed by atoms with Crippen molar-refractivity contribution in [2.45, 2.75) is 18.4 Å². The van der Waals surface area contributed by atoms with Crippen molar-refractivity contribution >= 4 is 32.0 Å². The number of aliphatic hydroxyl groups excluding tert-OH is 1. The monoisotopic (exact) mass is 427 g/mol. The number of ether oxygens (including phenoxy) is 1. The zero-order valence-electron chi connectivity index (χ0n) is 15.0. The molecule has 0 saturated heterocycles. The fourth-order valence-electron chi connectivity index (χ4n) is 2.33. The number of nitrogens with zero attached hydrogens (tertiary/aromatic N) is 5. The molecule has 0 unspecified atom stereocenters. The summed E-state index contributed by atoms with van der Waals surface area (Å²) in [4.78, 5) is 10.9. The Kier molecular flexibility index (Phi) is 6.31. The Balaban J connectivity index is 1.92. The van der Waals surface area contributed by atoms with E-state index in [1.54, 1.807) is 25.1 Å². The molecule has 1 aromatic heterocycles. The van der Waals surface area contributed by atoms with Crippen molar-refractivity contribution in [2.75, 3.05) is 25.3 Å². The van der Waals surface area contributed by atoms with E-state index in [-0.39, 0.29) is 29.1 Å². The molecule has 11 nitrogen and oxygen atoms in total. The Morgan fingerprint density at radius 3 is 2.75 bits per heavy atom. The van der Waals surface area contributed by atoms with Crippen molar-refractivity contribution in [3.8, 4) is 0 Å². The van der Waals surface area contributed by atoms with E-state index < -0.39 is 20.7 Å². The molecule has 0 amide bonds. The number of aliphatic hydroxyl groups is 1. The van der Waals surface area contributed by atoms with E-state index in [4.69, 9.17) is 14.5 Å². The van der Waals surface area contributed by atoms with E-state index in [9.17, 15) is 13.5 Å². The van der Waals surface area contributed by atoms with Crippen LogP contribution in [-0.2, 0) is 31.0 Å². The molecular weight excluding hydrogens is 410 g/mol. The largest absolute Gasteiger partial charge is 0.492 e. The number of benzene rings is 1. The van der Waals surface area contributed by atoms with Crippen LogP contribution in [0.1, 0.15) is 11.9 Å². The molecule has 0 radical (unpaired) electrons. The third-order valence-corrected chi connectivity index (χ3v) is 5.95. The maximum absolute atomic E-state index is 12.9. The van der Waals surface area contributed by atoms with Crippen molar-refractivity contribution in [3.63, 3.8) is 0 Å². The molecule has 0 saturated carbocycles. The summed E-state index contributed by atoms with van der Waals surface area (Å²) in [5.41, 5.74) is 0.284. The van der Waals surface area contributed by atoms with Crippen LogP contribution in [0.2, 0.25) is 0 Å². The summed E-state index contributed by atoms with van der Waals surface area (Å²) in [7, 11) is -2.66. The van der Waals surface area contributed by atoms with Gasteiger partial charge in [0.15, 0.2) is 0 Å². The van der Waals surface area contributed by atoms with Crippen LogP contribution in [0.25, 0.3) is 0 Å². The van der Waals surface area contributed by atoms with Gasteiger partial charge in [-0.1, -0.05) is 23.5 Å². The SMILES string of the molecule is CCOOCc1nnc(N=NC2=C(O)N(COC)c3ccccc3S2(=O)=O)s1. The lowest BCUT2D eigenvalue weighted by Crippen LogP contribution is -2.32. The first-order valence-corrected chi connectivity index (χ1v) is 10.3. The number of methoxy groups -OCH3 is 1. The van der Waals surface area contributed by atoms with Gasteiger partial charge in [-0.05, 0) is 19.1 Å². The molecule has 0 fully saturated rings. The first-order chi connectivity index (χ1) is 13.5. The van der Waals surface area contributed by atoms with E-state index in [2.05, 4.69) is 20.4 Å². The predicted molar refractivity (Wildman–Crippen MR) is 98.5 cm³/mol. The molecule has 2 heterocycles. The van der Waals surface area contributed by atoms with Crippen LogP contribution in [0.15, 0.2) is 50.3 Å². The summed E-state index contributed by atoms with van der Waals surface area (Å²) in [5.74, 6) is -0.589. The van der Waals surface area contributed by atoms with E-state index in [0.29, 0.717) is 11.6 Å². The standard InChI is InChI=1S/C15H17N5O6S2/c1-3-25-26-8-12-16-18-15(27-12)19-17-13-14(21)20(9-24-2)10-6-4-5-7-11(10)28(13,22)23/h4-7,21H,3,8-9H2,1-2H3. The number of azo groups is 1. The number of aromatic nitrogens is 2. The molecule has 0 aliphatic carbocycles. The molecule has 13 heteroatoms. The molecule has 1 aliphatic heterocycles. The number of sulfone groups is 1. The van der Waals surface area contributed by atoms with Crippen LogP contribution >= 0.6 is 11.3 Å². The number of fused-ring (bicyclic) bond motifs is 1. The van der Waals surface area contributed by atoms with Gasteiger partial charge < -0.3 is 9.84 Å². The topological polar surface area (TPSA) is 136 Å². The minimum atomic E-state index is -4.08. The lowest BCUT2D eigenvalue weighted by Gasteiger charge is -2.29. The number of hydrogen-bond acceptors (Lipinski definition) is 12.